The average Bonchev–Trinajstić information content (AvgIpc) is 3.15. The fraction of sp³-hybridized carbons (Fsp3) is 0.696. The highest BCUT2D eigenvalue weighted by atomic mass is 16.5. The first kappa shape index (κ1) is 19.7. The minimum absolute atomic E-state index is 0.207. The molecule has 1 aromatic rings. The molecule has 154 valence electrons. The van der Waals surface area contributed by atoms with Crippen LogP contribution in [0.15, 0.2) is 18.2 Å². The summed E-state index contributed by atoms with van der Waals surface area (Å²) < 4.78 is 5.60. The Morgan fingerprint density at radius 3 is 2.75 bits per heavy atom. The molecule has 0 aromatic heterocycles. The Labute approximate surface area is 169 Å². The summed E-state index contributed by atoms with van der Waals surface area (Å²) in [6, 6.07) is 6.97. The zero-order valence-corrected chi connectivity index (χ0v) is 17.5. The van der Waals surface area contributed by atoms with Crippen molar-refractivity contribution in [2.45, 2.75) is 52.1 Å². The lowest BCUT2D eigenvalue weighted by molar-refractivity contribution is -0.124. The van der Waals surface area contributed by atoms with Gasteiger partial charge in [0.2, 0.25) is 5.91 Å². The standard InChI is InChI=1S/C23H35N3O2/c1-17-4-3-5-21(18(17)2)24-23(27)16-26-11-9-25(10-12-26)15-19-6-7-22-20(14-19)8-13-28-22/h6-7,14,17-18,21H,3-5,8-13,15-16H2,1-2H3,(H,24,27). The number of hydrogen-bond acceptors (Lipinski definition) is 4. The molecule has 1 aliphatic carbocycles. The average molecular weight is 386 g/mol. The zero-order chi connectivity index (χ0) is 19.5. The fourth-order valence-corrected chi connectivity index (χ4v) is 4.94. The van der Waals surface area contributed by atoms with Gasteiger partial charge in [-0.3, -0.25) is 14.6 Å². The van der Waals surface area contributed by atoms with Crippen molar-refractivity contribution in [2.75, 3.05) is 39.3 Å². The van der Waals surface area contributed by atoms with Gasteiger partial charge in [-0.25, -0.2) is 0 Å². The zero-order valence-electron chi connectivity index (χ0n) is 17.5. The summed E-state index contributed by atoms with van der Waals surface area (Å²) in [7, 11) is 0. The molecule has 1 amide bonds. The van der Waals surface area contributed by atoms with Gasteiger partial charge in [-0.15, -0.1) is 0 Å². The highest BCUT2D eigenvalue weighted by Gasteiger charge is 2.29. The number of carbonyl (C=O) groups is 1. The molecule has 1 saturated carbocycles. The van der Waals surface area contributed by atoms with Crippen LogP contribution in [0.2, 0.25) is 0 Å². The second-order valence-corrected chi connectivity index (χ2v) is 9.03. The summed E-state index contributed by atoms with van der Waals surface area (Å²) in [4.78, 5) is 17.3. The number of ether oxygens (including phenoxy) is 1. The molecule has 1 aromatic carbocycles. The highest BCUT2D eigenvalue weighted by molar-refractivity contribution is 5.78. The van der Waals surface area contributed by atoms with Gasteiger partial charge in [0.15, 0.2) is 0 Å². The summed E-state index contributed by atoms with van der Waals surface area (Å²) in [5.74, 6) is 2.57. The molecule has 5 nitrogen and oxygen atoms in total. The van der Waals surface area contributed by atoms with E-state index in [2.05, 4.69) is 47.2 Å². The van der Waals surface area contributed by atoms with E-state index in [1.54, 1.807) is 0 Å². The van der Waals surface area contributed by atoms with Crippen molar-refractivity contribution in [3.63, 3.8) is 0 Å². The van der Waals surface area contributed by atoms with E-state index in [1.165, 1.54) is 24.0 Å². The lowest BCUT2D eigenvalue weighted by atomic mass is 9.78. The van der Waals surface area contributed by atoms with Gasteiger partial charge < -0.3 is 10.1 Å². The highest BCUT2D eigenvalue weighted by Crippen LogP contribution is 2.29. The molecule has 0 spiro atoms. The van der Waals surface area contributed by atoms with Gasteiger partial charge in [0.05, 0.1) is 13.2 Å². The van der Waals surface area contributed by atoms with Crippen LogP contribution in [0.4, 0.5) is 0 Å². The monoisotopic (exact) mass is 385 g/mol. The maximum Gasteiger partial charge on any atom is 0.234 e. The van der Waals surface area contributed by atoms with E-state index in [4.69, 9.17) is 4.74 Å². The van der Waals surface area contributed by atoms with Crippen LogP contribution in [0.3, 0.4) is 0 Å². The van der Waals surface area contributed by atoms with Crippen molar-refractivity contribution < 1.29 is 9.53 Å². The number of rotatable bonds is 5. The first-order valence-corrected chi connectivity index (χ1v) is 11.1. The number of nitrogens with zero attached hydrogens (tertiary/aromatic N) is 2. The van der Waals surface area contributed by atoms with Crippen molar-refractivity contribution >= 4 is 5.91 Å². The van der Waals surface area contributed by atoms with E-state index in [0.717, 1.165) is 57.9 Å². The second-order valence-electron chi connectivity index (χ2n) is 9.03. The van der Waals surface area contributed by atoms with E-state index in [0.29, 0.717) is 24.4 Å². The van der Waals surface area contributed by atoms with E-state index in [-0.39, 0.29) is 5.91 Å². The van der Waals surface area contributed by atoms with Crippen LogP contribution >= 0.6 is 0 Å². The first-order chi connectivity index (χ1) is 13.6. The molecule has 2 heterocycles. The molecule has 1 N–H and O–H groups in total. The molecule has 5 heteroatoms. The predicted octanol–water partition coefficient (Wildman–Crippen LogP) is 2.68. The molecular formula is C23H35N3O2. The third-order valence-electron chi connectivity index (χ3n) is 7.05. The molecule has 1 saturated heterocycles. The normalized spacial score (nSPS) is 28.6. The fourth-order valence-electron chi connectivity index (χ4n) is 4.94. The quantitative estimate of drug-likeness (QED) is 0.846. The number of carbonyl (C=O) groups excluding carboxylic acids is 1. The van der Waals surface area contributed by atoms with E-state index >= 15 is 0 Å². The van der Waals surface area contributed by atoms with Gasteiger partial charge in [-0.2, -0.15) is 0 Å². The van der Waals surface area contributed by atoms with Gasteiger partial charge in [0.25, 0.3) is 0 Å². The molecule has 4 rings (SSSR count). The summed E-state index contributed by atoms with van der Waals surface area (Å²) in [6.45, 7) is 10.9. The summed E-state index contributed by atoms with van der Waals surface area (Å²) >= 11 is 0. The third-order valence-corrected chi connectivity index (χ3v) is 7.05. The van der Waals surface area contributed by atoms with Crippen LogP contribution in [0, 0.1) is 11.8 Å². The maximum atomic E-state index is 12.5. The lowest BCUT2D eigenvalue weighted by Crippen LogP contribution is -2.51. The molecule has 3 unspecified atom stereocenters. The Bertz CT molecular complexity index is 684. The van der Waals surface area contributed by atoms with Crippen LogP contribution in [0.25, 0.3) is 0 Å². The molecule has 0 bridgehead atoms. The van der Waals surface area contributed by atoms with Crippen molar-refractivity contribution in [1.29, 1.82) is 0 Å². The number of benzene rings is 1. The van der Waals surface area contributed by atoms with Crippen LogP contribution in [-0.4, -0.2) is 61.1 Å². The number of hydrogen-bond donors (Lipinski definition) is 1. The van der Waals surface area contributed by atoms with E-state index in [1.807, 2.05) is 0 Å². The SMILES string of the molecule is CC1CCCC(NC(=O)CN2CCN(Cc3ccc4c(c3)CCO4)CC2)C1C. The van der Waals surface area contributed by atoms with E-state index in [9.17, 15) is 4.79 Å². The molecule has 2 fully saturated rings. The summed E-state index contributed by atoms with van der Waals surface area (Å²) in [6.07, 6.45) is 4.71. The number of amides is 1. The minimum Gasteiger partial charge on any atom is -0.493 e. The van der Waals surface area contributed by atoms with Gasteiger partial charge in [-0.05, 0) is 35.4 Å². The molecule has 2 aliphatic heterocycles. The van der Waals surface area contributed by atoms with Crippen LogP contribution in [-0.2, 0) is 17.8 Å². The Morgan fingerprint density at radius 1 is 1.14 bits per heavy atom. The van der Waals surface area contributed by atoms with Crippen molar-refractivity contribution in [3.05, 3.63) is 29.3 Å². The predicted molar refractivity (Wildman–Crippen MR) is 111 cm³/mol. The Morgan fingerprint density at radius 2 is 1.93 bits per heavy atom. The Balaban J connectivity index is 1.20. The van der Waals surface area contributed by atoms with Crippen LogP contribution < -0.4 is 10.1 Å². The number of piperazine rings is 1. The minimum atomic E-state index is 0.207. The molecular weight excluding hydrogens is 350 g/mol. The largest absolute Gasteiger partial charge is 0.493 e. The first-order valence-electron chi connectivity index (χ1n) is 11.1. The van der Waals surface area contributed by atoms with Crippen molar-refractivity contribution in [2.24, 2.45) is 11.8 Å². The Hall–Kier alpha value is -1.59. The second kappa shape index (κ2) is 8.83. The van der Waals surface area contributed by atoms with Gasteiger partial charge in [0, 0.05) is 45.2 Å². The van der Waals surface area contributed by atoms with E-state index < -0.39 is 0 Å². The van der Waals surface area contributed by atoms with Crippen LogP contribution in [0.5, 0.6) is 5.75 Å². The molecule has 0 radical (unpaired) electrons. The smallest absolute Gasteiger partial charge is 0.234 e. The van der Waals surface area contributed by atoms with Crippen molar-refractivity contribution in [1.82, 2.24) is 15.1 Å². The van der Waals surface area contributed by atoms with Gasteiger partial charge >= 0.3 is 0 Å². The number of nitrogens with one attached hydrogen (secondary N) is 1. The lowest BCUT2D eigenvalue weighted by Gasteiger charge is -2.37. The Kier molecular flexibility index (Phi) is 6.22. The van der Waals surface area contributed by atoms with Crippen LogP contribution in [0.1, 0.15) is 44.2 Å². The summed E-state index contributed by atoms with van der Waals surface area (Å²) in [5, 5.41) is 3.32. The maximum absolute atomic E-state index is 12.5. The summed E-state index contributed by atoms with van der Waals surface area (Å²) in [5.41, 5.74) is 2.72. The van der Waals surface area contributed by atoms with Crippen molar-refractivity contribution in [3.8, 4) is 5.75 Å². The molecule has 3 aliphatic rings. The topological polar surface area (TPSA) is 44.8 Å². The third kappa shape index (κ3) is 4.69. The molecule has 3 atom stereocenters. The number of fused-ring (bicyclic) bond motifs is 1. The molecule has 28 heavy (non-hydrogen) atoms. The van der Waals surface area contributed by atoms with Gasteiger partial charge in [0.1, 0.15) is 5.75 Å². The van der Waals surface area contributed by atoms with Gasteiger partial charge in [-0.1, -0.05) is 38.8 Å².